The highest BCUT2D eigenvalue weighted by Gasteiger charge is 2.19. The number of nitrogens with one attached hydrogen (secondary N) is 1. The van der Waals surface area contributed by atoms with E-state index in [9.17, 15) is 9.90 Å². The third-order valence-corrected chi connectivity index (χ3v) is 2.50. The molecule has 3 N–H and O–H groups in total. The second-order valence-electron chi connectivity index (χ2n) is 4.33. The van der Waals surface area contributed by atoms with Gasteiger partial charge in [-0.15, -0.1) is 0 Å². The molecule has 0 amide bonds. The van der Waals surface area contributed by atoms with Crippen LogP contribution in [-0.4, -0.2) is 47.0 Å². The number of anilines is 1. The van der Waals surface area contributed by atoms with Gasteiger partial charge in [-0.25, -0.2) is 9.78 Å². The number of carbonyl (C=O) groups is 1. The maximum absolute atomic E-state index is 10.7. The Kier molecular flexibility index (Phi) is 5.06. The van der Waals surface area contributed by atoms with Crippen LogP contribution in [0.5, 0.6) is 0 Å². The van der Waals surface area contributed by atoms with Gasteiger partial charge in [-0.05, 0) is 19.1 Å². The molecule has 1 atom stereocenters. The molecule has 1 heterocycles. The maximum atomic E-state index is 10.7. The third-order valence-electron chi connectivity index (χ3n) is 2.50. The number of aromatic carboxylic acids is 1. The highest BCUT2D eigenvalue weighted by Crippen LogP contribution is 2.13. The van der Waals surface area contributed by atoms with E-state index in [1.54, 1.807) is 20.1 Å². The number of methoxy groups -OCH3 is 1. The van der Waals surface area contributed by atoms with Gasteiger partial charge in [0.15, 0.2) is 0 Å². The Morgan fingerprint density at radius 3 is 2.94 bits per heavy atom. The third kappa shape index (κ3) is 4.68. The highest BCUT2D eigenvalue weighted by molar-refractivity contribution is 5.86. The molecule has 0 radical (unpaired) electrons. The summed E-state index contributed by atoms with van der Waals surface area (Å²) in [7, 11) is 1.57. The lowest BCUT2D eigenvalue weighted by Gasteiger charge is -2.23. The molecule has 1 unspecified atom stereocenters. The lowest BCUT2D eigenvalue weighted by molar-refractivity contribution is 0.0357. The molecule has 1 aromatic heterocycles. The Morgan fingerprint density at radius 2 is 2.33 bits per heavy atom. The molecular formula is C12H18N2O4. The first-order valence-corrected chi connectivity index (χ1v) is 5.59. The van der Waals surface area contributed by atoms with E-state index in [0.29, 0.717) is 25.3 Å². The van der Waals surface area contributed by atoms with Crippen molar-refractivity contribution in [3.05, 3.63) is 24.0 Å². The second-order valence-corrected chi connectivity index (χ2v) is 4.33. The van der Waals surface area contributed by atoms with Crippen molar-refractivity contribution in [2.45, 2.75) is 18.9 Å². The van der Waals surface area contributed by atoms with Crippen molar-refractivity contribution < 1.29 is 19.7 Å². The largest absolute Gasteiger partial charge is 0.477 e. The number of aromatic nitrogens is 1. The predicted molar refractivity (Wildman–Crippen MR) is 66.8 cm³/mol. The number of hydrogen-bond acceptors (Lipinski definition) is 5. The monoisotopic (exact) mass is 254 g/mol. The minimum absolute atomic E-state index is 0.0310. The molecule has 0 spiro atoms. The Balaban J connectivity index is 2.57. The number of carboxylic acid groups (broad SMARTS) is 1. The van der Waals surface area contributed by atoms with E-state index in [-0.39, 0.29) is 5.69 Å². The van der Waals surface area contributed by atoms with Gasteiger partial charge in [0.25, 0.3) is 0 Å². The van der Waals surface area contributed by atoms with Crippen molar-refractivity contribution in [1.29, 1.82) is 0 Å². The minimum Gasteiger partial charge on any atom is -0.477 e. The SMILES string of the molecule is COCCC(C)(O)CNc1ccnc(C(=O)O)c1. The Bertz CT molecular complexity index is 407. The summed E-state index contributed by atoms with van der Waals surface area (Å²) in [6, 6.07) is 3.08. The smallest absolute Gasteiger partial charge is 0.354 e. The van der Waals surface area contributed by atoms with Crippen LogP contribution in [-0.2, 0) is 4.74 Å². The molecule has 6 nitrogen and oxygen atoms in total. The molecule has 0 fully saturated rings. The maximum Gasteiger partial charge on any atom is 0.354 e. The van der Waals surface area contributed by atoms with Crippen LogP contribution in [0.15, 0.2) is 18.3 Å². The summed E-state index contributed by atoms with van der Waals surface area (Å²) in [4.78, 5) is 14.5. The average Bonchev–Trinajstić information content (AvgIpc) is 2.34. The zero-order valence-electron chi connectivity index (χ0n) is 10.5. The van der Waals surface area contributed by atoms with Crippen LogP contribution >= 0.6 is 0 Å². The van der Waals surface area contributed by atoms with Crippen molar-refractivity contribution in [2.24, 2.45) is 0 Å². The Hall–Kier alpha value is -1.66. The number of aliphatic hydroxyl groups is 1. The van der Waals surface area contributed by atoms with Gasteiger partial charge >= 0.3 is 5.97 Å². The van der Waals surface area contributed by atoms with Gasteiger partial charge in [-0.3, -0.25) is 0 Å². The second kappa shape index (κ2) is 6.32. The molecule has 0 aliphatic heterocycles. The van der Waals surface area contributed by atoms with Gasteiger partial charge in [-0.1, -0.05) is 0 Å². The molecule has 18 heavy (non-hydrogen) atoms. The fraction of sp³-hybridized carbons (Fsp3) is 0.500. The zero-order chi connectivity index (χ0) is 13.6. The first kappa shape index (κ1) is 14.4. The first-order valence-electron chi connectivity index (χ1n) is 5.59. The minimum atomic E-state index is -1.08. The first-order chi connectivity index (χ1) is 8.44. The zero-order valence-corrected chi connectivity index (χ0v) is 10.5. The Labute approximate surface area is 106 Å². The van der Waals surface area contributed by atoms with E-state index in [4.69, 9.17) is 9.84 Å². The molecule has 1 rings (SSSR count). The molecular weight excluding hydrogens is 236 g/mol. The summed E-state index contributed by atoms with van der Waals surface area (Å²) >= 11 is 0. The summed E-state index contributed by atoms with van der Waals surface area (Å²) < 4.78 is 4.90. The summed E-state index contributed by atoms with van der Waals surface area (Å²) in [6.45, 7) is 2.46. The molecule has 0 aromatic carbocycles. The number of ether oxygens (including phenoxy) is 1. The molecule has 1 aromatic rings. The molecule has 100 valence electrons. The number of carboxylic acids is 1. The van der Waals surface area contributed by atoms with Crippen molar-refractivity contribution in [2.75, 3.05) is 25.6 Å². The van der Waals surface area contributed by atoms with Crippen molar-refractivity contribution in [1.82, 2.24) is 4.98 Å². The topological polar surface area (TPSA) is 91.7 Å². The van der Waals surface area contributed by atoms with Crippen LogP contribution in [0, 0.1) is 0 Å². The average molecular weight is 254 g/mol. The van der Waals surface area contributed by atoms with E-state index in [1.165, 1.54) is 12.3 Å². The lowest BCUT2D eigenvalue weighted by atomic mass is 10.0. The number of rotatable bonds is 7. The van der Waals surface area contributed by atoms with Gasteiger partial charge in [0, 0.05) is 38.6 Å². The van der Waals surface area contributed by atoms with Crippen LogP contribution in [0.4, 0.5) is 5.69 Å². The van der Waals surface area contributed by atoms with E-state index >= 15 is 0 Å². The van der Waals surface area contributed by atoms with Crippen LogP contribution in [0.1, 0.15) is 23.8 Å². The summed E-state index contributed by atoms with van der Waals surface area (Å²) in [5.41, 5.74) is -0.334. The molecule has 0 aliphatic carbocycles. The molecule has 0 aliphatic rings. The van der Waals surface area contributed by atoms with Crippen molar-refractivity contribution in [3.63, 3.8) is 0 Å². The van der Waals surface area contributed by atoms with Gasteiger partial charge in [0.2, 0.25) is 0 Å². The van der Waals surface area contributed by atoms with E-state index in [0.717, 1.165) is 0 Å². The molecule has 0 bridgehead atoms. The fourth-order valence-electron chi connectivity index (χ4n) is 1.36. The fourth-order valence-corrected chi connectivity index (χ4v) is 1.36. The quantitative estimate of drug-likeness (QED) is 0.671. The number of hydrogen-bond donors (Lipinski definition) is 3. The number of pyridine rings is 1. The molecule has 0 saturated carbocycles. The van der Waals surface area contributed by atoms with Crippen LogP contribution < -0.4 is 5.32 Å². The summed E-state index contributed by atoms with van der Waals surface area (Å²) in [5, 5.41) is 21.8. The van der Waals surface area contributed by atoms with Gasteiger partial charge in [0.1, 0.15) is 5.69 Å². The van der Waals surface area contributed by atoms with E-state index in [2.05, 4.69) is 10.3 Å². The molecule has 6 heteroatoms. The highest BCUT2D eigenvalue weighted by atomic mass is 16.5. The number of nitrogens with zero attached hydrogens (tertiary/aromatic N) is 1. The van der Waals surface area contributed by atoms with Gasteiger partial charge in [0.05, 0.1) is 5.60 Å². The normalized spacial score (nSPS) is 13.9. The lowest BCUT2D eigenvalue weighted by Crippen LogP contribution is -2.34. The van der Waals surface area contributed by atoms with Crippen LogP contribution in [0.2, 0.25) is 0 Å². The standard InChI is InChI=1S/C12H18N2O4/c1-12(17,4-6-18-2)8-14-9-3-5-13-10(7-9)11(15)16/h3,5,7,17H,4,6,8H2,1-2H3,(H,13,14)(H,15,16). The van der Waals surface area contributed by atoms with Crippen LogP contribution in [0.25, 0.3) is 0 Å². The summed E-state index contributed by atoms with van der Waals surface area (Å²) in [6.07, 6.45) is 1.91. The molecule has 0 saturated heterocycles. The van der Waals surface area contributed by atoms with E-state index in [1.807, 2.05) is 0 Å². The summed E-state index contributed by atoms with van der Waals surface area (Å²) in [5.74, 6) is -1.08. The van der Waals surface area contributed by atoms with Crippen molar-refractivity contribution in [3.8, 4) is 0 Å². The van der Waals surface area contributed by atoms with Gasteiger partial charge in [-0.2, -0.15) is 0 Å². The van der Waals surface area contributed by atoms with Crippen molar-refractivity contribution >= 4 is 11.7 Å². The Morgan fingerprint density at radius 1 is 1.61 bits per heavy atom. The van der Waals surface area contributed by atoms with Gasteiger partial charge < -0.3 is 20.3 Å². The van der Waals surface area contributed by atoms with Crippen LogP contribution in [0.3, 0.4) is 0 Å². The van der Waals surface area contributed by atoms with E-state index < -0.39 is 11.6 Å². The predicted octanol–water partition coefficient (Wildman–Crippen LogP) is 0.979.